The fraction of sp³-hybridized carbons (Fsp3) is 0.462. The first kappa shape index (κ1) is 17.3. The Kier molecular flexibility index (Phi) is 6.79. The third kappa shape index (κ3) is 5.31. The highest BCUT2D eigenvalue weighted by atomic mass is 35.7. The molecule has 112 valence electrons. The zero-order valence-electron chi connectivity index (χ0n) is 11.2. The van der Waals surface area contributed by atoms with Crippen molar-refractivity contribution in [2.24, 2.45) is 0 Å². The lowest BCUT2D eigenvalue weighted by Crippen LogP contribution is -2.24. The van der Waals surface area contributed by atoms with E-state index in [2.05, 4.69) is 12.2 Å². The minimum atomic E-state index is -3.87. The van der Waals surface area contributed by atoms with Gasteiger partial charge in [-0.2, -0.15) is 0 Å². The molecule has 0 radical (unpaired) electrons. The highest BCUT2D eigenvalue weighted by Crippen LogP contribution is 2.22. The molecular weight excluding hydrogens is 321 g/mol. The van der Waals surface area contributed by atoms with E-state index in [9.17, 15) is 13.2 Å². The van der Waals surface area contributed by atoms with Gasteiger partial charge < -0.3 is 5.32 Å². The van der Waals surface area contributed by atoms with Crippen LogP contribution in [-0.2, 0) is 9.05 Å². The molecule has 0 aliphatic heterocycles. The smallest absolute Gasteiger partial charge is 0.261 e. The first-order valence-corrected chi connectivity index (χ1v) is 9.07. The van der Waals surface area contributed by atoms with Crippen LogP contribution in [0.25, 0.3) is 0 Å². The standard InChI is InChI=1S/C13H17Cl2NO3S/c1-2-3-4-5-8-16-13(17)11-9-10(20(15,18)19)6-7-12(11)14/h6-7,9H,2-5,8H2,1H3,(H,16,17). The van der Waals surface area contributed by atoms with Gasteiger partial charge >= 0.3 is 0 Å². The Morgan fingerprint density at radius 2 is 1.95 bits per heavy atom. The van der Waals surface area contributed by atoms with Crippen molar-refractivity contribution in [2.45, 2.75) is 37.5 Å². The van der Waals surface area contributed by atoms with E-state index in [0.29, 0.717) is 6.54 Å². The van der Waals surface area contributed by atoms with Gasteiger partial charge in [-0.3, -0.25) is 4.79 Å². The molecule has 0 fully saturated rings. The Hall–Kier alpha value is -0.780. The van der Waals surface area contributed by atoms with Crippen LogP contribution in [0.1, 0.15) is 43.0 Å². The summed E-state index contributed by atoms with van der Waals surface area (Å²) in [4.78, 5) is 11.8. The lowest BCUT2D eigenvalue weighted by Gasteiger charge is -2.07. The number of halogens is 2. The molecule has 0 heterocycles. The van der Waals surface area contributed by atoms with Crippen LogP contribution >= 0.6 is 22.3 Å². The van der Waals surface area contributed by atoms with Crippen molar-refractivity contribution in [1.82, 2.24) is 5.32 Å². The molecule has 1 rings (SSSR count). The van der Waals surface area contributed by atoms with Crippen molar-refractivity contribution in [3.8, 4) is 0 Å². The number of amides is 1. The average Bonchev–Trinajstić information content (AvgIpc) is 2.37. The number of carbonyl (C=O) groups is 1. The zero-order chi connectivity index (χ0) is 15.2. The third-order valence-corrected chi connectivity index (χ3v) is 4.46. The van der Waals surface area contributed by atoms with Gasteiger partial charge in [-0.15, -0.1) is 0 Å². The molecule has 1 amide bonds. The first-order valence-electron chi connectivity index (χ1n) is 6.38. The van der Waals surface area contributed by atoms with Gasteiger partial charge in [-0.25, -0.2) is 8.42 Å². The fourth-order valence-electron chi connectivity index (χ4n) is 1.68. The van der Waals surface area contributed by atoms with E-state index in [0.717, 1.165) is 25.7 Å². The Labute approximate surface area is 128 Å². The van der Waals surface area contributed by atoms with E-state index in [-0.39, 0.29) is 15.5 Å². The van der Waals surface area contributed by atoms with Gasteiger partial charge in [0.1, 0.15) is 0 Å². The predicted octanol–water partition coefficient (Wildman–Crippen LogP) is 3.58. The minimum absolute atomic E-state index is 0.115. The summed E-state index contributed by atoms with van der Waals surface area (Å²) in [5.74, 6) is -0.395. The van der Waals surface area contributed by atoms with Crippen LogP contribution in [0.3, 0.4) is 0 Å². The van der Waals surface area contributed by atoms with Crippen molar-refractivity contribution in [1.29, 1.82) is 0 Å². The van der Waals surface area contributed by atoms with Crippen LogP contribution in [0.4, 0.5) is 0 Å². The Balaban J connectivity index is 2.72. The Morgan fingerprint density at radius 3 is 2.55 bits per heavy atom. The molecule has 4 nitrogen and oxygen atoms in total. The van der Waals surface area contributed by atoms with E-state index >= 15 is 0 Å². The summed E-state index contributed by atoms with van der Waals surface area (Å²) in [5.41, 5.74) is 0.115. The van der Waals surface area contributed by atoms with Crippen molar-refractivity contribution in [3.63, 3.8) is 0 Å². The molecular formula is C13H17Cl2NO3S. The molecule has 0 unspecified atom stereocenters. The second-order valence-corrected chi connectivity index (χ2v) is 7.37. The summed E-state index contributed by atoms with van der Waals surface area (Å²) in [5, 5.41) is 2.91. The maximum atomic E-state index is 11.9. The Bertz CT molecular complexity index is 573. The van der Waals surface area contributed by atoms with Crippen LogP contribution in [0.5, 0.6) is 0 Å². The largest absolute Gasteiger partial charge is 0.352 e. The molecule has 20 heavy (non-hydrogen) atoms. The molecule has 1 aromatic carbocycles. The topological polar surface area (TPSA) is 63.2 Å². The lowest BCUT2D eigenvalue weighted by molar-refractivity contribution is 0.0953. The summed E-state index contributed by atoms with van der Waals surface area (Å²) >= 11 is 5.90. The summed E-state index contributed by atoms with van der Waals surface area (Å²) in [6.07, 6.45) is 4.16. The van der Waals surface area contributed by atoms with Crippen molar-refractivity contribution in [2.75, 3.05) is 6.54 Å². The molecule has 0 spiro atoms. The van der Waals surface area contributed by atoms with Gasteiger partial charge in [-0.05, 0) is 24.6 Å². The van der Waals surface area contributed by atoms with Gasteiger partial charge in [0.25, 0.3) is 15.0 Å². The maximum Gasteiger partial charge on any atom is 0.261 e. The number of nitrogens with one attached hydrogen (secondary N) is 1. The maximum absolute atomic E-state index is 11.9. The van der Waals surface area contributed by atoms with E-state index in [1.165, 1.54) is 18.2 Å². The van der Waals surface area contributed by atoms with E-state index in [1.807, 2.05) is 0 Å². The fourth-order valence-corrected chi connectivity index (χ4v) is 2.66. The average molecular weight is 338 g/mol. The van der Waals surface area contributed by atoms with Gasteiger partial charge in [0.15, 0.2) is 0 Å². The number of hydrogen-bond donors (Lipinski definition) is 1. The highest BCUT2D eigenvalue weighted by Gasteiger charge is 2.16. The van der Waals surface area contributed by atoms with Crippen molar-refractivity contribution < 1.29 is 13.2 Å². The van der Waals surface area contributed by atoms with Crippen LogP contribution in [0, 0.1) is 0 Å². The SMILES string of the molecule is CCCCCCNC(=O)c1cc(S(=O)(=O)Cl)ccc1Cl. The van der Waals surface area contributed by atoms with Gasteiger partial charge in [0.05, 0.1) is 15.5 Å². The molecule has 7 heteroatoms. The second kappa shape index (κ2) is 7.86. The van der Waals surface area contributed by atoms with Crippen molar-refractivity contribution >= 4 is 37.2 Å². The molecule has 0 atom stereocenters. The minimum Gasteiger partial charge on any atom is -0.352 e. The molecule has 0 aromatic heterocycles. The van der Waals surface area contributed by atoms with Gasteiger partial charge in [0, 0.05) is 17.2 Å². The van der Waals surface area contributed by atoms with Gasteiger partial charge in [-0.1, -0.05) is 37.8 Å². The number of hydrogen-bond acceptors (Lipinski definition) is 3. The van der Waals surface area contributed by atoms with Crippen LogP contribution in [0.15, 0.2) is 23.1 Å². The van der Waals surface area contributed by atoms with E-state index < -0.39 is 15.0 Å². The lowest BCUT2D eigenvalue weighted by atomic mass is 10.2. The molecule has 0 bridgehead atoms. The highest BCUT2D eigenvalue weighted by molar-refractivity contribution is 8.13. The van der Waals surface area contributed by atoms with Crippen LogP contribution in [0.2, 0.25) is 5.02 Å². The second-order valence-electron chi connectivity index (χ2n) is 4.40. The third-order valence-electron chi connectivity index (χ3n) is 2.78. The van der Waals surface area contributed by atoms with Crippen LogP contribution < -0.4 is 5.32 Å². The Morgan fingerprint density at radius 1 is 1.25 bits per heavy atom. The number of rotatable bonds is 7. The molecule has 1 aromatic rings. The first-order chi connectivity index (χ1) is 9.36. The van der Waals surface area contributed by atoms with Gasteiger partial charge in [0.2, 0.25) is 0 Å². The molecule has 0 saturated carbocycles. The number of unbranched alkanes of at least 4 members (excludes halogenated alkanes) is 3. The molecule has 0 saturated heterocycles. The summed E-state index contributed by atoms with van der Waals surface area (Å²) < 4.78 is 22.5. The zero-order valence-corrected chi connectivity index (χ0v) is 13.5. The predicted molar refractivity (Wildman–Crippen MR) is 81.0 cm³/mol. The number of benzene rings is 1. The normalized spacial score (nSPS) is 11.3. The van der Waals surface area contributed by atoms with E-state index in [4.69, 9.17) is 22.3 Å². The quantitative estimate of drug-likeness (QED) is 0.610. The molecule has 0 aliphatic carbocycles. The summed E-state index contributed by atoms with van der Waals surface area (Å²) in [6.45, 7) is 2.64. The molecule has 1 N–H and O–H groups in total. The molecule has 0 aliphatic rings. The van der Waals surface area contributed by atoms with Crippen LogP contribution in [-0.4, -0.2) is 20.9 Å². The summed E-state index contributed by atoms with van der Waals surface area (Å²) in [7, 11) is 1.37. The van der Waals surface area contributed by atoms with Crippen molar-refractivity contribution in [3.05, 3.63) is 28.8 Å². The monoisotopic (exact) mass is 337 g/mol. The number of carbonyl (C=O) groups excluding carboxylic acids is 1. The van der Waals surface area contributed by atoms with E-state index in [1.54, 1.807) is 0 Å². The summed E-state index contributed by atoms with van der Waals surface area (Å²) in [6, 6.07) is 3.80.